The van der Waals surface area contributed by atoms with Crippen molar-refractivity contribution >= 4 is 11.8 Å². The monoisotopic (exact) mass is 224 g/mol. The van der Waals surface area contributed by atoms with E-state index in [1.54, 1.807) is 6.92 Å². The SMILES string of the molecule is CCCC(C)Sc1ccc(C(C)O)cc1. The fourth-order valence-corrected chi connectivity index (χ4v) is 2.63. The van der Waals surface area contributed by atoms with Gasteiger partial charge in [0, 0.05) is 10.1 Å². The standard InChI is InChI=1S/C13H20OS/c1-4-5-10(2)15-13-8-6-12(7-9-13)11(3)14/h6-11,14H,4-5H2,1-3H3. The molecule has 0 aromatic heterocycles. The number of aliphatic hydroxyl groups is 1. The van der Waals surface area contributed by atoms with Gasteiger partial charge in [-0.05, 0) is 31.0 Å². The van der Waals surface area contributed by atoms with E-state index < -0.39 is 0 Å². The average Bonchev–Trinajstić information content (AvgIpc) is 2.18. The average molecular weight is 224 g/mol. The third-order valence-corrected chi connectivity index (χ3v) is 3.58. The summed E-state index contributed by atoms with van der Waals surface area (Å²) in [6.45, 7) is 6.27. The zero-order chi connectivity index (χ0) is 11.3. The molecule has 1 aromatic rings. The van der Waals surface area contributed by atoms with E-state index in [0.717, 1.165) is 5.56 Å². The van der Waals surface area contributed by atoms with Gasteiger partial charge < -0.3 is 5.11 Å². The summed E-state index contributed by atoms with van der Waals surface area (Å²) in [6, 6.07) is 8.20. The number of rotatable bonds is 5. The van der Waals surface area contributed by atoms with Crippen molar-refractivity contribution in [2.24, 2.45) is 0 Å². The van der Waals surface area contributed by atoms with Crippen molar-refractivity contribution in [3.8, 4) is 0 Å². The predicted octanol–water partition coefficient (Wildman–Crippen LogP) is 4.02. The first-order valence-corrected chi connectivity index (χ1v) is 6.46. The minimum Gasteiger partial charge on any atom is -0.389 e. The van der Waals surface area contributed by atoms with E-state index in [-0.39, 0.29) is 6.10 Å². The first-order chi connectivity index (χ1) is 7.13. The Bertz CT molecular complexity index is 279. The summed E-state index contributed by atoms with van der Waals surface area (Å²) < 4.78 is 0. The summed E-state index contributed by atoms with van der Waals surface area (Å²) in [5.74, 6) is 0. The topological polar surface area (TPSA) is 20.2 Å². The summed E-state index contributed by atoms with van der Waals surface area (Å²) in [7, 11) is 0. The highest BCUT2D eigenvalue weighted by molar-refractivity contribution is 7.99. The fourth-order valence-electron chi connectivity index (χ4n) is 1.52. The lowest BCUT2D eigenvalue weighted by molar-refractivity contribution is 0.199. The number of hydrogen-bond acceptors (Lipinski definition) is 2. The largest absolute Gasteiger partial charge is 0.389 e. The molecule has 0 saturated carbocycles. The van der Waals surface area contributed by atoms with E-state index in [0.29, 0.717) is 5.25 Å². The Hall–Kier alpha value is -0.470. The van der Waals surface area contributed by atoms with Crippen molar-refractivity contribution in [3.63, 3.8) is 0 Å². The summed E-state index contributed by atoms with van der Waals surface area (Å²) in [5, 5.41) is 10.0. The molecule has 0 spiro atoms. The zero-order valence-corrected chi connectivity index (χ0v) is 10.6. The molecule has 2 heteroatoms. The van der Waals surface area contributed by atoms with E-state index in [9.17, 15) is 5.11 Å². The second kappa shape index (κ2) is 6.19. The second-order valence-corrected chi connectivity index (χ2v) is 5.47. The van der Waals surface area contributed by atoms with Gasteiger partial charge in [-0.2, -0.15) is 0 Å². The van der Waals surface area contributed by atoms with Crippen molar-refractivity contribution in [3.05, 3.63) is 29.8 Å². The lowest BCUT2D eigenvalue weighted by Gasteiger charge is -2.10. The van der Waals surface area contributed by atoms with E-state index >= 15 is 0 Å². The summed E-state index contributed by atoms with van der Waals surface area (Å²) >= 11 is 1.91. The van der Waals surface area contributed by atoms with Gasteiger partial charge in [0.25, 0.3) is 0 Å². The van der Waals surface area contributed by atoms with Crippen LogP contribution in [0.4, 0.5) is 0 Å². The van der Waals surface area contributed by atoms with E-state index in [1.165, 1.54) is 17.7 Å². The molecule has 0 heterocycles. The van der Waals surface area contributed by atoms with Crippen molar-refractivity contribution in [2.75, 3.05) is 0 Å². The first kappa shape index (κ1) is 12.6. The molecule has 0 aliphatic rings. The predicted molar refractivity (Wildman–Crippen MR) is 67.3 cm³/mol. The van der Waals surface area contributed by atoms with Crippen LogP contribution >= 0.6 is 11.8 Å². The molecule has 1 N–H and O–H groups in total. The Morgan fingerprint density at radius 3 is 2.27 bits per heavy atom. The van der Waals surface area contributed by atoms with Crippen molar-refractivity contribution in [2.45, 2.75) is 49.9 Å². The van der Waals surface area contributed by atoms with Gasteiger partial charge in [-0.15, -0.1) is 11.8 Å². The van der Waals surface area contributed by atoms with Crippen molar-refractivity contribution in [1.29, 1.82) is 0 Å². The first-order valence-electron chi connectivity index (χ1n) is 5.58. The van der Waals surface area contributed by atoms with Crippen LogP contribution < -0.4 is 0 Å². The zero-order valence-electron chi connectivity index (χ0n) is 9.73. The molecule has 84 valence electrons. The Morgan fingerprint density at radius 2 is 1.80 bits per heavy atom. The van der Waals surface area contributed by atoms with Gasteiger partial charge in [0.15, 0.2) is 0 Å². The van der Waals surface area contributed by atoms with E-state index in [2.05, 4.69) is 26.0 Å². The molecule has 1 rings (SSSR count). The lowest BCUT2D eigenvalue weighted by atomic mass is 10.1. The van der Waals surface area contributed by atoms with Gasteiger partial charge in [-0.25, -0.2) is 0 Å². The fraction of sp³-hybridized carbons (Fsp3) is 0.538. The van der Waals surface area contributed by atoms with Crippen LogP contribution in [0.1, 0.15) is 45.3 Å². The van der Waals surface area contributed by atoms with Crippen molar-refractivity contribution < 1.29 is 5.11 Å². The highest BCUT2D eigenvalue weighted by atomic mass is 32.2. The third-order valence-electron chi connectivity index (χ3n) is 2.39. The molecule has 0 fully saturated rings. The quantitative estimate of drug-likeness (QED) is 0.762. The van der Waals surface area contributed by atoms with Crippen LogP contribution in [0.15, 0.2) is 29.2 Å². The maximum atomic E-state index is 9.37. The van der Waals surface area contributed by atoms with Crippen molar-refractivity contribution in [1.82, 2.24) is 0 Å². The highest BCUT2D eigenvalue weighted by Crippen LogP contribution is 2.26. The second-order valence-electron chi connectivity index (χ2n) is 3.96. The Kier molecular flexibility index (Phi) is 5.20. The van der Waals surface area contributed by atoms with E-state index in [4.69, 9.17) is 0 Å². The third kappa shape index (κ3) is 4.27. The maximum Gasteiger partial charge on any atom is 0.0761 e. The molecule has 0 amide bonds. The number of aliphatic hydroxyl groups excluding tert-OH is 1. The molecule has 0 aliphatic carbocycles. The van der Waals surface area contributed by atoms with Crippen LogP contribution in [-0.2, 0) is 0 Å². The number of benzene rings is 1. The van der Waals surface area contributed by atoms with Gasteiger partial charge in [0.2, 0.25) is 0 Å². The lowest BCUT2D eigenvalue weighted by Crippen LogP contribution is -1.95. The molecule has 2 unspecified atom stereocenters. The van der Waals surface area contributed by atoms with Crippen LogP contribution in [0.2, 0.25) is 0 Å². The highest BCUT2D eigenvalue weighted by Gasteiger charge is 2.04. The smallest absolute Gasteiger partial charge is 0.0761 e. The van der Waals surface area contributed by atoms with Gasteiger partial charge in [0.05, 0.1) is 6.10 Å². The molecule has 1 aromatic carbocycles. The van der Waals surface area contributed by atoms with Crippen LogP contribution in [0, 0.1) is 0 Å². The number of hydrogen-bond donors (Lipinski definition) is 1. The Balaban J connectivity index is 2.56. The molecule has 0 radical (unpaired) electrons. The van der Waals surface area contributed by atoms with Gasteiger partial charge in [0.1, 0.15) is 0 Å². The Morgan fingerprint density at radius 1 is 1.20 bits per heavy atom. The summed E-state index contributed by atoms with van der Waals surface area (Å²) in [5.41, 5.74) is 0.988. The molecular weight excluding hydrogens is 204 g/mol. The van der Waals surface area contributed by atoms with Gasteiger partial charge in [-0.1, -0.05) is 32.4 Å². The van der Waals surface area contributed by atoms with Crippen LogP contribution in [-0.4, -0.2) is 10.4 Å². The molecule has 0 aliphatic heterocycles. The normalized spacial score (nSPS) is 14.9. The molecule has 2 atom stereocenters. The van der Waals surface area contributed by atoms with E-state index in [1.807, 2.05) is 23.9 Å². The molecule has 1 nitrogen and oxygen atoms in total. The van der Waals surface area contributed by atoms with Crippen LogP contribution in [0.25, 0.3) is 0 Å². The minimum atomic E-state index is -0.364. The molecular formula is C13H20OS. The Labute approximate surface area is 96.9 Å². The van der Waals surface area contributed by atoms with Crippen LogP contribution in [0.5, 0.6) is 0 Å². The van der Waals surface area contributed by atoms with Gasteiger partial charge in [-0.3, -0.25) is 0 Å². The molecule has 15 heavy (non-hydrogen) atoms. The van der Waals surface area contributed by atoms with Crippen LogP contribution in [0.3, 0.4) is 0 Å². The summed E-state index contributed by atoms with van der Waals surface area (Å²) in [6.07, 6.45) is 2.13. The molecule has 0 bridgehead atoms. The molecule has 0 saturated heterocycles. The maximum absolute atomic E-state index is 9.37. The summed E-state index contributed by atoms with van der Waals surface area (Å²) in [4.78, 5) is 1.29. The number of thioether (sulfide) groups is 1. The minimum absolute atomic E-state index is 0.364. The van der Waals surface area contributed by atoms with Gasteiger partial charge >= 0.3 is 0 Å².